The molecule has 1 saturated carbocycles. The first-order valence-corrected chi connectivity index (χ1v) is 6.28. The first-order chi connectivity index (χ1) is 6.84. The molecule has 1 rings (SSSR count). The molecule has 0 saturated heterocycles. The van der Waals surface area contributed by atoms with Crippen LogP contribution in [0.3, 0.4) is 0 Å². The minimum Gasteiger partial charge on any atom is -0.315 e. The lowest BCUT2D eigenvalue weighted by Gasteiger charge is -2.29. The molecular weight excluding hydrogens is 172 g/mol. The van der Waals surface area contributed by atoms with E-state index in [0.717, 1.165) is 31.6 Å². The molecule has 1 aliphatic rings. The Morgan fingerprint density at radius 3 is 2.57 bits per heavy atom. The number of nitrogens with one attached hydrogen (secondary N) is 2. The highest BCUT2D eigenvalue weighted by Gasteiger charge is 2.19. The first-order valence-electron chi connectivity index (χ1n) is 6.28. The first kappa shape index (κ1) is 12.0. The van der Waals surface area contributed by atoms with Crippen LogP contribution in [0.25, 0.3) is 0 Å². The molecule has 0 heterocycles. The Labute approximate surface area is 88.8 Å². The van der Waals surface area contributed by atoms with E-state index in [9.17, 15) is 0 Å². The second-order valence-electron chi connectivity index (χ2n) is 4.57. The molecule has 0 aromatic heterocycles. The average molecular weight is 198 g/mol. The Morgan fingerprint density at radius 2 is 1.86 bits per heavy atom. The summed E-state index contributed by atoms with van der Waals surface area (Å²) in [6, 6.07) is 0.784. The standard InChI is InChI=1S/C12H26N2/c1-3-8-13-9-10-14-12-7-5-4-6-11(12)2/h11-14H,3-10H2,1-2H3. The molecule has 0 spiro atoms. The summed E-state index contributed by atoms with van der Waals surface area (Å²) in [5.41, 5.74) is 0. The van der Waals surface area contributed by atoms with E-state index >= 15 is 0 Å². The van der Waals surface area contributed by atoms with E-state index in [4.69, 9.17) is 0 Å². The van der Waals surface area contributed by atoms with Gasteiger partial charge < -0.3 is 10.6 Å². The number of hydrogen-bond acceptors (Lipinski definition) is 2. The fourth-order valence-corrected chi connectivity index (χ4v) is 2.27. The number of rotatable bonds is 6. The van der Waals surface area contributed by atoms with Crippen molar-refractivity contribution in [2.75, 3.05) is 19.6 Å². The van der Waals surface area contributed by atoms with Crippen LogP contribution >= 0.6 is 0 Å². The third-order valence-electron chi connectivity index (χ3n) is 3.25. The second kappa shape index (κ2) is 7.24. The Morgan fingerprint density at radius 1 is 1.07 bits per heavy atom. The van der Waals surface area contributed by atoms with Crippen LogP contribution < -0.4 is 10.6 Å². The van der Waals surface area contributed by atoms with Crippen LogP contribution in [0.1, 0.15) is 46.0 Å². The highest BCUT2D eigenvalue weighted by atomic mass is 15.0. The van der Waals surface area contributed by atoms with Gasteiger partial charge in [0, 0.05) is 19.1 Å². The maximum absolute atomic E-state index is 3.67. The van der Waals surface area contributed by atoms with Crippen LogP contribution in [0, 0.1) is 5.92 Å². The Bertz CT molecular complexity index is 136. The lowest BCUT2D eigenvalue weighted by Crippen LogP contribution is -2.40. The summed E-state index contributed by atoms with van der Waals surface area (Å²) in [7, 11) is 0. The van der Waals surface area contributed by atoms with Gasteiger partial charge in [-0.3, -0.25) is 0 Å². The molecule has 1 fully saturated rings. The predicted molar refractivity (Wildman–Crippen MR) is 62.6 cm³/mol. The molecule has 0 aliphatic heterocycles. The lowest BCUT2D eigenvalue weighted by atomic mass is 9.86. The highest BCUT2D eigenvalue weighted by molar-refractivity contribution is 4.78. The van der Waals surface area contributed by atoms with Gasteiger partial charge in [0.05, 0.1) is 0 Å². The monoisotopic (exact) mass is 198 g/mol. The van der Waals surface area contributed by atoms with Gasteiger partial charge in [-0.15, -0.1) is 0 Å². The Kier molecular flexibility index (Phi) is 6.20. The van der Waals surface area contributed by atoms with Gasteiger partial charge in [0.1, 0.15) is 0 Å². The van der Waals surface area contributed by atoms with Gasteiger partial charge in [0.2, 0.25) is 0 Å². The summed E-state index contributed by atoms with van der Waals surface area (Å²) < 4.78 is 0. The van der Waals surface area contributed by atoms with Crippen molar-refractivity contribution in [3.63, 3.8) is 0 Å². The summed E-state index contributed by atoms with van der Waals surface area (Å²) in [6.07, 6.45) is 6.90. The van der Waals surface area contributed by atoms with E-state index in [1.54, 1.807) is 0 Å². The zero-order valence-electron chi connectivity index (χ0n) is 9.81. The quantitative estimate of drug-likeness (QED) is 0.639. The van der Waals surface area contributed by atoms with Crippen LogP contribution in [-0.4, -0.2) is 25.7 Å². The third kappa shape index (κ3) is 4.43. The molecular formula is C12H26N2. The van der Waals surface area contributed by atoms with Crippen LogP contribution in [0.15, 0.2) is 0 Å². The van der Waals surface area contributed by atoms with Crippen molar-refractivity contribution in [1.29, 1.82) is 0 Å². The molecule has 84 valence electrons. The molecule has 2 nitrogen and oxygen atoms in total. The summed E-state index contributed by atoms with van der Waals surface area (Å²) >= 11 is 0. The van der Waals surface area contributed by atoms with E-state index in [1.807, 2.05) is 0 Å². The summed E-state index contributed by atoms with van der Waals surface area (Å²) in [4.78, 5) is 0. The van der Waals surface area contributed by atoms with Crippen molar-refractivity contribution in [2.45, 2.75) is 52.0 Å². The molecule has 0 bridgehead atoms. The van der Waals surface area contributed by atoms with Crippen LogP contribution in [0.2, 0.25) is 0 Å². The van der Waals surface area contributed by atoms with E-state index in [1.165, 1.54) is 32.1 Å². The fraction of sp³-hybridized carbons (Fsp3) is 1.00. The molecule has 0 aromatic rings. The third-order valence-corrected chi connectivity index (χ3v) is 3.25. The summed E-state index contributed by atoms with van der Waals surface area (Å²) in [6.45, 7) is 8.01. The largest absolute Gasteiger partial charge is 0.315 e. The Balaban J connectivity index is 1.99. The van der Waals surface area contributed by atoms with Crippen molar-refractivity contribution in [3.05, 3.63) is 0 Å². The maximum Gasteiger partial charge on any atom is 0.00932 e. The maximum atomic E-state index is 3.67. The van der Waals surface area contributed by atoms with Crippen molar-refractivity contribution in [3.8, 4) is 0 Å². The molecule has 0 radical (unpaired) electrons. The van der Waals surface area contributed by atoms with Crippen LogP contribution in [0.5, 0.6) is 0 Å². The normalized spacial score (nSPS) is 27.9. The zero-order chi connectivity index (χ0) is 10.2. The molecule has 2 unspecified atom stereocenters. The minimum absolute atomic E-state index is 0.784. The molecule has 2 atom stereocenters. The zero-order valence-corrected chi connectivity index (χ0v) is 9.81. The van der Waals surface area contributed by atoms with Crippen LogP contribution in [-0.2, 0) is 0 Å². The van der Waals surface area contributed by atoms with Gasteiger partial charge in [-0.2, -0.15) is 0 Å². The number of hydrogen-bond donors (Lipinski definition) is 2. The minimum atomic E-state index is 0.784. The predicted octanol–water partition coefficient (Wildman–Crippen LogP) is 2.15. The molecule has 0 amide bonds. The van der Waals surface area contributed by atoms with Gasteiger partial charge in [0.25, 0.3) is 0 Å². The van der Waals surface area contributed by atoms with Crippen molar-refractivity contribution >= 4 is 0 Å². The summed E-state index contributed by atoms with van der Waals surface area (Å²) in [5, 5.41) is 7.09. The van der Waals surface area contributed by atoms with Crippen molar-refractivity contribution in [1.82, 2.24) is 10.6 Å². The van der Waals surface area contributed by atoms with E-state index in [0.29, 0.717) is 0 Å². The molecule has 1 aliphatic carbocycles. The van der Waals surface area contributed by atoms with Gasteiger partial charge in [-0.25, -0.2) is 0 Å². The van der Waals surface area contributed by atoms with Gasteiger partial charge in [0.15, 0.2) is 0 Å². The highest BCUT2D eigenvalue weighted by Crippen LogP contribution is 2.23. The average Bonchev–Trinajstić information content (AvgIpc) is 2.20. The molecule has 0 aromatic carbocycles. The fourth-order valence-electron chi connectivity index (χ4n) is 2.27. The van der Waals surface area contributed by atoms with Gasteiger partial charge >= 0.3 is 0 Å². The summed E-state index contributed by atoms with van der Waals surface area (Å²) in [5.74, 6) is 0.884. The molecule has 2 N–H and O–H groups in total. The smallest absolute Gasteiger partial charge is 0.00932 e. The van der Waals surface area contributed by atoms with E-state index in [-0.39, 0.29) is 0 Å². The second-order valence-corrected chi connectivity index (χ2v) is 4.57. The van der Waals surface area contributed by atoms with Crippen molar-refractivity contribution < 1.29 is 0 Å². The van der Waals surface area contributed by atoms with E-state index in [2.05, 4.69) is 24.5 Å². The van der Waals surface area contributed by atoms with Crippen molar-refractivity contribution in [2.24, 2.45) is 5.92 Å². The lowest BCUT2D eigenvalue weighted by molar-refractivity contribution is 0.281. The van der Waals surface area contributed by atoms with Gasteiger partial charge in [-0.05, 0) is 31.7 Å². The molecule has 2 heteroatoms. The van der Waals surface area contributed by atoms with Gasteiger partial charge in [-0.1, -0.05) is 26.7 Å². The van der Waals surface area contributed by atoms with E-state index < -0.39 is 0 Å². The molecule has 14 heavy (non-hydrogen) atoms. The Hall–Kier alpha value is -0.0800. The van der Waals surface area contributed by atoms with Crippen LogP contribution in [0.4, 0.5) is 0 Å². The SMILES string of the molecule is CCCNCCNC1CCCCC1C. The topological polar surface area (TPSA) is 24.1 Å².